The summed E-state index contributed by atoms with van der Waals surface area (Å²) in [5.74, 6) is -0.582. The number of nitrogens with one attached hydrogen (secondary N) is 1. The van der Waals surface area contributed by atoms with Gasteiger partial charge >= 0.3 is 0 Å². The summed E-state index contributed by atoms with van der Waals surface area (Å²) in [7, 11) is -2.87. The summed E-state index contributed by atoms with van der Waals surface area (Å²) in [6.45, 7) is 5.32. The van der Waals surface area contributed by atoms with Gasteiger partial charge in [-0.2, -0.15) is 0 Å². The third kappa shape index (κ3) is 9.23. The average Bonchev–Trinajstić information content (AvgIpc) is 3.05. The monoisotopic (exact) mass is 729 g/mol. The number of anilines is 1. The van der Waals surface area contributed by atoms with E-state index in [0.717, 1.165) is 15.4 Å². The van der Waals surface area contributed by atoms with Gasteiger partial charge < -0.3 is 15.0 Å². The van der Waals surface area contributed by atoms with Gasteiger partial charge in [0.1, 0.15) is 18.3 Å². The highest BCUT2D eigenvalue weighted by Crippen LogP contribution is 2.33. The van der Waals surface area contributed by atoms with Crippen molar-refractivity contribution in [2.24, 2.45) is 5.92 Å². The van der Waals surface area contributed by atoms with Crippen molar-refractivity contribution >= 4 is 62.3 Å². The number of benzene rings is 4. The van der Waals surface area contributed by atoms with Crippen LogP contribution >= 0.6 is 34.8 Å². The lowest BCUT2D eigenvalue weighted by Crippen LogP contribution is -2.53. The first-order chi connectivity index (χ1) is 22.8. The molecule has 2 amide bonds. The molecule has 1 N–H and O–H groups in total. The van der Waals surface area contributed by atoms with Crippen LogP contribution < -0.4 is 14.4 Å². The molecule has 0 aliphatic rings. The smallest absolute Gasteiger partial charge is 0.264 e. The van der Waals surface area contributed by atoms with Crippen molar-refractivity contribution in [3.05, 3.63) is 123 Å². The van der Waals surface area contributed by atoms with E-state index in [2.05, 4.69) is 5.32 Å². The maximum atomic E-state index is 14.7. The van der Waals surface area contributed by atoms with E-state index in [4.69, 9.17) is 39.5 Å². The molecule has 1 atom stereocenters. The molecule has 0 saturated heterocycles. The van der Waals surface area contributed by atoms with E-state index in [1.807, 2.05) is 51.1 Å². The topological polar surface area (TPSA) is 96.0 Å². The van der Waals surface area contributed by atoms with Crippen molar-refractivity contribution in [2.45, 2.75) is 44.7 Å². The molecule has 0 heterocycles. The van der Waals surface area contributed by atoms with E-state index in [1.165, 1.54) is 42.3 Å². The van der Waals surface area contributed by atoms with Crippen LogP contribution in [0.3, 0.4) is 0 Å². The number of ether oxygens (including phenoxy) is 1. The molecule has 12 heteroatoms. The fourth-order valence-electron chi connectivity index (χ4n) is 5.01. The van der Waals surface area contributed by atoms with E-state index in [1.54, 1.807) is 30.3 Å². The van der Waals surface area contributed by atoms with Gasteiger partial charge in [0.15, 0.2) is 0 Å². The molecule has 0 fully saturated rings. The van der Waals surface area contributed by atoms with E-state index in [0.29, 0.717) is 27.9 Å². The molecule has 1 unspecified atom stereocenters. The number of amides is 2. The minimum absolute atomic E-state index is 0.0240. The predicted molar refractivity (Wildman–Crippen MR) is 193 cm³/mol. The molecular weight excluding hydrogens is 693 g/mol. The molecule has 254 valence electrons. The van der Waals surface area contributed by atoms with Crippen LogP contribution in [0.25, 0.3) is 0 Å². The fraction of sp³-hybridized carbons (Fsp3) is 0.278. The lowest BCUT2D eigenvalue weighted by molar-refractivity contribution is -0.140. The Hall–Kier alpha value is -3.76. The first-order valence-corrected chi connectivity index (χ1v) is 17.9. The lowest BCUT2D eigenvalue weighted by Gasteiger charge is -2.34. The molecule has 0 aromatic heterocycles. The van der Waals surface area contributed by atoms with E-state index in [9.17, 15) is 18.0 Å². The normalized spacial score (nSPS) is 12.0. The van der Waals surface area contributed by atoms with Gasteiger partial charge in [0.05, 0.1) is 22.7 Å². The Kier molecular flexibility index (Phi) is 12.8. The minimum atomic E-state index is -4.32. The number of rotatable bonds is 14. The fourth-order valence-corrected chi connectivity index (χ4v) is 7.18. The number of methoxy groups -OCH3 is 1. The summed E-state index contributed by atoms with van der Waals surface area (Å²) < 4.78 is 34.8. The number of halogens is 3. The van der Waals surface area contributed by atoms with E-state index < -0.39 is 34.4 Å². The van der Waals surface area contributed by atoms with Crippen LogP contribution in [0.5, 0.6) is 5.75 Å². The van der Waals surface area contributed by atoms with Gasteiger partial charge in [-0.3, -0.25) is 13.9 Å². The summed E-state index contributed by atoms with van der Waals surface area (Å²) in [5.41, 5.74) is 2.22. The van der Waals surface area contributed by atoms with Crippen molar-refractivity contribution in [1.82, 2.24) is 10.2 Å². The van der Waals surface area contributed by atoms with Gasteiger partial charge in [-0.25, -0.2) is 8.42 Å². The highest BCUT2D eigenvalue weighted by molar-refractivity contribution is 7.92. The van der Waals surface area contributed by atoms with Gasteiger partial charge in [-0.05, 0) is 60.9 Å². The standard InChI is InChI=1S/C36H38Cl3N3O5S/c1-24(2)21-40-36(44)33(19-26-9-6-5-7-10-26)41(22-29-30(37)11-8-12-31(29)38)35(43)23-42(27-15-18-34(47-4)32(39)20-27)48(45,46)28-16-13-25(3)14-17-28/h5-18,20,24,33H,19,21-23H2,1-4H3,(H,40,44). The third-order valence-electron chi connectivity index (χ3n) is 7.66. The van der Waals surface area contributed by atoms with Gasteiger partial charge in [0, 0.05) is 35.1 Å². The first-order valence-electron chi connectivity index (χ1n) is 15.3. The van der Waals surface area contributed by atoms with Crippen molar-refractivity contribution in [1.29, 1.82) is 0 Å². The molecular formula is C36H38Cl3N3O5S. The molecule has 0 aliphatic carbocycles. The lowest BCUT2D eigenvalue weighted by atomic mass is 10.0. The molecule has 8 nitrogen and oxygen atoms in total. The highest BCUT2D eigenvalue weighted by Gasteiger charge is 2.35. The molecule has 0 aliphatic heterocycles. The Morgan fingerprint density at radius 1 is 0.854 bits per heavy atom. The largest absolute Gasteiger partial charge is 0.495 e. The van der Waals surface area contributed by atoms with Gasteiger partial charge in [0.2, 0.25) is 11.8 Å². The Morgan fingerprint density at radius 3 is 2.08 bits per heavy atom. The van der Waals surface area contributed by atoms with Crippen LogP contribution in [0.15, 0.2) is 95.9 Å². The predicted octanol–water partition coefficient (Wildman–Crippen LogP) is 7.57. The average molecular weight is 731 g/mol. The van der Waals surface area contributed by atoms with Crippen LogP contribution in [0, 0.1) is 12.8 Å². The number of hydrogen-bond donors (Lipinski definition) is 1. The second kappa shape index (κ2) is 16.6. The van der Waals surface area contributed by atoms with Crippen molar-refractivity contribution in [3.8, 4) is 5.75 Å². The molecule has 4 aromatic rings. The van der Waals surface area contributed by atoms with E-state index >= 15 is 0 Å². The van der Waals surface area contributed by atoms with Crippen molar-refractivity contribution in [2.75, 3.05) is 24.5 Å². The van der Waals surface area contributed by atoms with E-state index in [-0.39, 0.29) is 34.5 Å². The minimum Gasteiger partial charge on any atom is -0.495 e. The zero-order valence-corrected chi connectivity index (χ0v) is 30.2. The van der Waals surface area contributed by atoms with Crippen LogP contribution in [0.4, 0.5) is 5.69 Å². The second-order valence-electron chi connectivity index (χ2n) is 11.7. The zero-order valence-electron chi connectivity index (χ0n) is 27.1. The van der Waals surface area contributed by atoms with Crippen molar-refractivity contribution < 1.29 is 22.7 Å². The van der Waals surface area contributed by atoms with Gasteiger partial charge in [-0.1, -0.05) is 103 Å². The molecule has 0 radical (unpaired) electrons. The second-order valence-corrected chi connectivity index (χ2v) is 14.8. The molecule has 48 heavy (non-hydrogen) atoms. The van der Waals surface area contributed by atoms with Crippen LogP contribution in [0.2, 0.25) is 15.1 Å². The summed E-state index contributed by atoms with van der Waals surface area (Å²) in [4.78, 5) is 29.9. The number of aryl methyl sites for hydroxylation is 1. The summed E-state index contributed by atoms with van der Waals surface area (Å²) in [6.07, 6.45) is 0.150. The molecule has 4 rings (SSSR count). The Morgan fingerprint density at radius 2 is 1.50 bits per heavy atom. The van der Waals surface area contributed by atoms with Gasteiger partial charge in [-0.15, -0.1) is 0 Å². The highest BCUT2D eigenvalue weighted by atomic mass is 35.5. The quantitative estimate of drug-likeness (QED) is 0.144. The van der Waals surface area contributed by atoms with Crippen LogP contribution in [0.1, 0.15) is 30.5 Å². The summed E-state index contributed by atoms with van der Waals surface area (Å²) in [6, 6.07) is 24.0. The Labute approximate surface area is 297 Å². The number of sulfonamides is 1. The van der Waals surface area contributed by atoms with Crippen molar-refractivity contribution in [3.63, 3.8) is 0 Å². The maximum Gasteiger partial charge on any atom is 0.264 e. The molecule has 0 bridgehead atoms. The maximum absolute atomic E-state index is 14.7. The van der Waals surface area contributed by atoms with Gasteiger partial charge in [0.25, 0.3) is 10.0 Å². The Balaban J connectivity index is 1.86. The Bertz CT molecular complexity index is 1820. The summed E-state index contributed by atoms with van der Waals surface area (Å²) in [5, 5.41) is 3.71. The number of carbonyl (C=O) groups is 2. The molecule has 4 aromatic carbocycles. The third-order valence-corrected chi connectivity index (χ3v) is 10.4. The number of nitrogens with zero attached hydrogens (tertiary/aromatic N) is 2. The number of hydrogen-bond acceptors (Lipinski definition) is 5. The van der Waals surface area contributed by atoms with Crippen LogP contribution in [-0.2, 0) is 32.6 Å². The number of carbonyl (C=O) groups excluding carboxylic acids is 2. The zero-order chi connectivity index (χ0) is 35.0. The first kappa shape index (κ1) is 37.1. The molecule has 0 saturated carbocycles. The SMILES string of the molecule is COc1ccc(N(CC(=O)N(Cc2c(Cl)cccc2Cl)C(Cc2ccccc2)C(=O)NCC(C)C)S(=O)(=O)c2ccc(C)cc2)cc1Cl. The van der Waals surface area contributed by atoms with Crippen LogP contribution in [-0.4, -0.2) is 51.4 Å². The summed E-state index contributed by atoms with van der Waals surface area (Å²) >= 11 is 19.6. The molecule has 0 spiro atoms.